The summed E-state index contributed by atoms with van der Waals surface area (Å²) in [6, 6.07) is 0.232. The van der Waals surface area contributed by atoms with Gasteiger partial charge in [-0.3, -0.25) is 4.79 Å². The summed E-state index contributed by atoms with van der Waals surface area (Å²) < 4.78 is 0. The molecule has 5 nitrogen and oxygen atoms in total. The number of nitrogens with two attached hydrogens (primary N) is 1. The van der Waals surface area contributed by atoms with Gasteiger partial charge < -0.3 is 16.0 Å². The first-order valence-electron chi connectivity index (χ1n) is 6.91. The van der Waals surface area contributed by atoms with E-state index in [9.17, 15) is 4.79 Å². The van der Waals surface area contributed by atoms with Crippen LogP contribution in [0.1, 0.15) is 32.1 Å². The average molecular weight is 282 g/mol. The molecule has 0 aromatic carbocycles. The van der Waals surface area contributed by atoms with Crippen LogP contribution in [0.4, 0.5) is 0 Å². The molecule has 0 aromatic heterocycles. The molecule has 3 atom stereocenters. The molecule has 1 aliphatic carbocycles. The van der Waals surface area contributed by atoms with Gasteiger partial charge in [-0.15, -0.1) is 0 Å². The van der Waals surface area contributed by atoms with Crippen molar-refractivity contribution in [3.63, 3.8) is 0 Å². The van der Waals surface area contributed by atoms with Gasteiger partial charge in [0, 0.05) is 6.04 Å². The van der Waals surface area contributed by atoms with Gasteiger partial charge in [0.25, 0.3) is 0 Å². The fourth-order valence-corrected chi connectivity index (χ4v) is 3.51. The monoisotopic (exact) mass is 282 g/mol. The number of thiocarbonyl (C=S) groups is 1. The van der Waals surface area contributed by atoms with Gasteiger partial charge in [0.15, 0.2) is 0 Å². The second-order valence-corrected chi connectivity index (χ2v) is 5.58. The van der Waals surface area contributed by atoms with Gasteiger partial charge in [-0.25, -0.2) is 4.99 Å². The van der Waals surface area contributed by atoms with Gasteiger partial charge in [0.1, 0.15) is 5.84 Å². The Morgan fingerprint density at radius 2 is 2.32 bits per heavy atom. The van der Waals surface area contributed by atoms with Gasteiger partial charge in [0.05, 0.1) is 18.1 Å². The highest BCUT2D eigenvalue weighted by molar-refractivity contribution is 7.78. The number of likely N-dealkylation sites (N-methyl/N-ethyl adjacent to an activating group) is 1. The molecule has 3 unspecified atom stereocenters. The lowest BCUT2D eigenvalue weighted by atomic mass is 9.97. The van der Waals surface area contributed by atoms with E-state index in [1.807, 2.05) is 11.9 Å². The van der Waals surface area contributed by atoms with E-state index in [1.165, 1.54) is 18.3 Å². The lowest BCUT2D eigenvalue weighted by molar-refractivity contribution is -0.134. The molecule has 1 heterocycles. The Bertz CT molecular complexity index is 385. The molecule has 2 fully saturated rings. The summed E-state index contributed by atoms with van der Waals surface area (Å²) >= 11 is 4.68. The molecule has 0 radical (unpaired) electrons. The Kier molecular flexibility index (Phi) is 4.87. The van der Waals surface area contributed by atoms with Crippen LogP contribution < -0.4 is 11.1 Å². The normalized spacial score (nSPS) is 32.1. The Hall–Kier alpha value is -1.01. The highest BCUT2D eigenvalue weighted by atomic mass is 32.1. The zero-order chi connectivity index (χ0) is 13.8. The van der Waals surface area contributed by atoms with Crippen LogP contribution in [0.2, 0.25) is 0 Å². The van der Waals surface area contributed by atoms with E-state index < -0.39 is 0 Å². The van der Waals surface area contributed by atoms with Crippen LogP contribution in [-0.4, -0.2) is 47.8 Å². The van der Waals surface area contributed by atoms with Crippen molar-refractivity contribution in [3.05, 3.63) is 0 Å². The zero-order valence-electron chi connectivity index (χ0n) is 11.3. The van der Waals surface area contributed by atoms with E-state index in [1.54, 1.807) is 0 Å². The highest BCUT2D eigenvalue weighted by Gasteiger charge is 2.40. The molecule has 6 heteroatoms. The maximum absolute atomic E-state index is 12.6. The minimum absolute atomic E-state index is 0.0918. The van der Waals surface area contributed by atoms with E-state index in [-0.39, 0.29) is 11.9 Å². The van der Waals surface area contributed by atoms with Crippen molar-refractivity contribution in [2.75, 3.05) is 13.6 Å². The van der Waals surface area contributed by atoms with Crippen LogP contribution in [0.15, 0.2) is 4.99 Å². The standard InChI is InChI=1S/C13H22N4OS/c1-15-10-6-5-9-3-2-4-11(9)17(13(10)18)7-12(14)16-8-19/h8-11,15H,2-7H2,1H3,(H2,14,16,19). The third-order valence-electron chi connectivity index (χ3n) is 4.33. The van der Waals surface area contributed by atoms with E-state index in [2.05, 4.69) is 22.5 Å². The van der Waals surface area contributed by atoms with Crippen molar-refractivity contribution in [2.45, 2.75) is 44.2 Å². The maximum atomic E-state index is 12.6. The Morgan fingerprint density at radius 3 is 3.00 bits per heavy atom. The van der Waals surface area contributed by atoms with E-state index in [4.69, 9.17) is 5.73 Å². The largest absolute Gasteiger partial charge is 0.386 e. The van der Waals surface area contributed by atoms with Gasteiger partial charge >= 0.3 is 0 Å². The Balaban J connectivity index is 2.19. The van der Waals surface area contributed by atoms with Crippen molar-refractivity contribution in [3.8, 4) is 0 Å². The number of hydrogen-bond acceptors (Lipinski definition) is 3. The SMILES string of the molecule is CNC1CCC2CCCC2N(CC(N)=NC=S)C1=O. The minimum Gasteiger partial charge on any atom is -0.386 e. The zero-order valence-corrected chi connectivity index (χ0v) is 12.2. The molecule has 0 bridgehead atoms. The molecular formula is C13H22N4OS. The van der Waals surface area contributed by atoms with Crippen LogP contribution in [-0.2, 0) is 4.79 Å². The number of amides is 1. The third-order valence-corrected chi connectivity index (χ3v) is 4.43. The molecule has 3 N–H and O–H groups in total. The van der Waals surface area contributed by atoms with Crippen LogP contribution >= 0.6 is 12.2 Å². The van der Waals surface area contributed by atoms with Crippen molar-refractivity contribution in [1.82, 2.24) is 10.2 Å². The second kappa shape index (κ2) is 6.43. The first kappa shape index (κ1) is 14.4. The number of hydrogen-bond donors (Lipinski definition) is 2. The van der Waals surface area contributed by atoms with Gasteiger partial charge in [-0.05, 0) is 38.6 Å². The summed E-state index contributed by atoms with van der Waals surface area (Å²) in [5, 5.41) is 3.12. The number of amidine groups is 1. The molecule has 1 amide bonds. The highest BCUT2D eigenvalue weighted by Crippen LogP contribution is 2.36. The Labute approximate surface area is 119 Å². The Morgan fingerprint density at radius 1 is 1.53 bits per heavy atom. The van der Waals surface area contributed by atoms with Gasteiger partial charge in [-0.1, -0.05) is 18.6 Å². The summed E-state index contributed by atoms with van der Waals surface area (Å²) in [4.78, 5) is 18.4. The fourth-order valence-electron chi connectivity index (χ4n) is 3.38. The molecule has 2 rings (SSSR count). The summed E-state index contributed by atoms with van der Waals surface area (Å²) in [5.41, 5.74) is 7.10. The number of nitrogens with zero attached hydrogens (tertiary/aromatic N) is 2. The smallest absolute Gasteiger partial charge is 0.240 e. The first-order chi connectivity index (χ1) is 9.17. The molecular weight excluding hydrogens is 260 g/mol. The third kappa shape index (κ3) is 3.12. The van der Waals surface area contributed by atoms with E-state index in [0.717, 1.165) is 19.3 Å². The number of aliphatic imine (C=N–C) groups is 1. The summed E-state index contributed by atoms with van der Waals surface area (Å²) in [5.74, 6) is 1.19. The van der Waals surface area contributed by atoms with Crippen LogP contribution in [0.25, 0.3) is 0 Å². The molecule has 1 saturated carbocycles. The summed E-state index contributed by atoms with van der Waals surface area (Å²) in [7, 11) is 1.84. The number of fused-ring (bicyclic) bond motifs is 1. The van der Waals surface area contributed by atoms with Gasteiger partial charge in [0.2, 0.25) is 5.91 Å². The fraction of sp³-hybridized carbons (Fsp3) is 0.769. The van der Waals surface area contributed by atoms with Crippen molar-refractivity contribution >= 4 is 29.5 Å². The van der Waals surface area contributed by atoms with E-state index >= 15 is 0 Å². The molecule has 19 heavy (non-hydrogen) atoms. The number of nitrogens with one attached hydrogen (secondary N) is 1. The van der Waals surface area contributed by atoms with Crippen LogP contribution in [0.5, 0.6) is 0 Å². The minimum atomic E-state index is -0.0918. The number of likely N-dealkylation sites (tertiary alicyclic amines) is 1. The molecule has 1 aliphatic heterocycles. The molecule has 0 spiro atoms. The molecule has 106 valence electrons. The maximum Gasteiger partial charge on any atom is 0.240 e. The van der Waals surface area contributed by atoms with Crippen molar-refractivity contribution in [2.24, 2.45) is 16.6 Å². The number of carbonyl (C=O) groups excluding carboxylic acids is 1. The van der Waals surface area contributed by atoms with Gasteiger partial charge in [-0.2, -0.15) is 0 Å². The predicted molar refractivity (Wildman–Crippen MR) is 80.2 cm³/mol. The van der Waals surface area contributed by atoms with Crippen LogP contribution in [0.3, 0.4) is 0 Å². The second-order valence-electron chi connectivity index (χ2n) is 5.37. The average Bonchev–Trinajstić information content (AvgIpc) is 2.80. The van der Waals surface area contributed by atoms with Crippen molar-refractivity contribution in [1.29, 1.82) is 0 Å². The predicted octanol–water partition coefficient (Wildman–Crippen LogP) is 0.680. The topological polar surface area (TPSA) is 70.7 Å². The summed E-state index contributed by atoms with van der Waals surface area (Å²) in [6.07, 6.45) is 5.53. The van der Waals surface area contributed by atoms with Crippen LogP contribution in [0, 0.1) is 5.92 Å². The number of carbonyl (C=O) groups is 1. The van der Waals surface area contributed by atoms with E-state index in [0.29, 0.717) is 24.3 Å². The molecule has 1 saturated heterocycles. The quantitative estimate of drug-likeness (QED) is 0.452. The van der Waals surface area contributed by atoms with Crippen molar-refractivity contribution < 1.29 is 4.79 Å². The lowest BCUT2D eigenvalue weighted by Crippen LogP contribution is -2.51. The molecule has 0 aromatic rings. The summed E-state index contributed by atoms with van der Waals surface area (Å²) in [6.45, 7) is 0.394. The molecule has 2 aliphatic rings. The first-order valence-corrected chi connectivity index (χ1v) is 7.38. The lowest BCUT2D eigenvalue weighted by Gasteiger charge is -2.31. The number of rotatable bonds is 4.